The summed E-state index contributed by atoms with van der Waals surface area (Å²) in [6, 6.07) is 0.0696. The smallest absolute Gasteiger partial charge is 0.323 e. The molecule has 1 saturated heterocycles. The molecule has 1 aromatic heterocycles. The number of hydrogen-bond acceptors (Lipinski definition) is 3. The zero-order valence-electron chi connectivity index (χ0n) is 8.13. The lowest BCUT2D eigenvalue weighted by Gasteiger charge is -2.17. The first kappa shape index (κ1) is 9.48. The molecular formula is C9H15N3O2. The minimum atomic E-state index is -0.614. The number of aromatic amines is 2. The summed E-state index contributed by atoms with van der Waals surface area (Å²) in [7, 11) is 0. The number of aliphatic hydroxyl groups is 1. The molecule has 1 aliphatic heterocycles. The molecule has 0 amide bonds. The lowest BCUT2D eigenvalue weighted by Crippen LogP contribution is -2.29. The van der Waals surface area contributed by atoms with Crippen molar-refractivity contribution in [1.82, 2.24) is 15.3 Å². The van der Waals surface area contributed by atoms with Crippen molar-refractivity contribution in [3.05, 3.63) is 21.9 Å². The maximum Gasteiger partial charge on any atom is 0.323 e. The first-order chi connectivity index (χ1) is 6.68. The van der Waals surface area contributed by atoms with E-state index >= 15 is 0 Å². The second-order valence-electron chi connectivity index (χ2n) is 3.77. The van der Waals surface area contributed by atoms with Crippen LogP contribution in [0.15, 0.2) is 4.79 Å². The van der Waals surface area contributed by atoms with Gasteiger partial charge in [0.1, 0.15) is 6.10 Å². The number of hydrogen-bond donors (Lipinski definition) is 4. The zero-order valence-corrected chi connectivity index (χ0v) is 8.13. The molecule has 5 heteroatoms. The van der Waals surface area contributed by atoms with Crippen molar-refractivity contribution in [3.63, 3.8) is 0 Å². The second-order valence-corrected chi connectivity index (χ2v) is 3.77. The van der Waals surface area contributed by atoms with Crippen molar-refractivity contribution in [2.45, 2.75) is 31.9 Å². The molecule has 0 bridgehead atoms. The first-order valence-electron chi connectivity index (χ1n) is 4.88. The van der Waals surface area contributed by atoms with Crippen molar-refractivity contribution in [3.8, 4) is 0 Å². The summed E-state index contributed by atoms with van der Waals surface area (Å²) in [5.41, 5.74) is 1.07. The molecule has 1 aliphatic rings. The molecule has 2 heterocycles. The van der Waals surface area contributed by atoms with Gasteiger partial charge >= 0.3 is 5.69 Å². The maximum absolute atomic E-state index is 11.0. The Kier molecular flexibility index (Phi) is 2.43. The van der Waals surface area contributed by atoms with Crippen LogP contribution in [0.1, 0.15) is 30.3 Å². The molecule has 14 heavy (non-hydrogen) atoms. The average Bonchev–Trinajstić information content (AvgIpc) is 2.73. The van der Waals surface area contributed by atoms with E-state index in [1.807, 2.05) is 0 Å². The third-order valence-corrected chi connectivity index (χ3v) is 2.73. The van der Waals surface area contributed by atoms with Gasteiger partial charge in [0.25, 0.3) is 0 Å². The van der Waals surface area contributed by atoms with E-state index in [2.05, 4.69) is 15.3 Å². The molecule has 2 unspecified atom stereocenters. The Morgan fingerprint density at radius 1 is 1.50 bits per heavy atom. The molecule has 0 aliphatic carbocycles. The summed E-state index contributed by atoms with van der Waals surface area (Å²) in [5, 5.41) is 13.2. The second kappa shape index (κ2) is 3.59. The fourth-order valence-corrected chi connectivity index (χ4v) is 1.96. The summed E-state index contributed by atoms with van der Waals surface area (Å²) >= 11 is 0. The predicted octanol–water partition coefficient (Wildman–Crippen LogP) is -0.203. The van der Waals surface area contributed by atoms with Crippen molar-refractivity contribution >= 4 is 0 Å². The Morgan fingerprint density at radius 3 is 2.79 bits per heavy atom. The molecule has 0 saturated carbocycles. The van der Waals surface area contributed by atoms with Gasteiger partial charge in [-0.05, 0) is 26.3 Å². The summed E-state index contributed by atoms with van der Waals surface area (Å²) < 4.78 is 0. The maximum atomic E-state index is 11.0. The highest BCUT2D eigenvalue weighted by atomic mass is 16.3. The quantitative estimate of drug-likeness (QED) is 0.530. The monoisotopic (exact) mass is 197 g/mol. The largest absolute Gasteiger partial charge is 0.385 e. The highest BCUT2D eigenvalue weighted by Gasteiger charge is 2.26. The minimum absolute atomic E-state index is 0.0696. The van der Waals surface area contributed by atoms with Gasteiger partial charge in [-0.2, -0.15) is 0 Å². The Balaban J connectivity index is 2.21. The number of nitrogens with one attached hydrogen (secondary N) is 3. The van der Waals surface area contributed by atoms with E-state index < -0.39 is 6.10 Å². The fourth-order valence-electron chi connectivity index (χ4n) is 1.96. The number of H-pyrrole nitrogens is 2. The van der Waals surface area contributed by atoms with E-state index in [1.165, 1.54) is 0 Å². The van der Waals surface area contributed by atoms with Gasteiger partial charge in [0.2, 0.25) is 0 Å². The molecule has 78 valence electrons. The van der Waals surface area contributed by atoms with Crippen LogP contribution in [0.5, 0.6) is 0 Å². The molecule has 0 spiro atoms. The number of aromatic nitrogens is 2. The molecule has 2 rings (SSSR count). The molecule has 5 nitrogen and oxygen atoms in total. The molecule has 1 aromatic rings. The van der Waals surface area contributed by atoms with E-state index in [1.54, 1.807) is 6.92 Å². The molecular weight excluding hydrogens is 182 g/mol. The van der Waals surface area contributed by atoms with Gasteiger partial charge in [0.05, 0.1) is 5.69 Å². The summed E-state index contributed by atoms with van der Waals surface area (Å²) in [6.45, 7) is 2.72. The van der Waals surface area contributed by atoms with Crippen LogP contribution in [-0.2, 0) is 0 Å². The highest BCUT2D eigenvalue weighted by molar-refractivity contribution is 5.14. The van der Waals surface area contributed by atoms with Crippen LogP contribution in [0.25, 0.3) is 0 Å². The molecule has 1 fully saturated rings. The Morgan fingerprint density at radius 2 is 2.29 bits per heavy atom. The first-order valence-corrected chi connectivity index (χ1v) is 4.88. The van der Waals surface area contributed by atoms with Crippen LogP contribution in [0.3, 0.4) is 0 Å². The van der Waals surface area contributed by atoms with Crippen LogP contribution in [0.2, 0.25) is 0 Å². The van der Waals surface area contributed by atoms with Gasteiger partial charge in [-0.15, -0.1) is 0 Å². The number of rotatable bonds is 2. The number of aliphatic hydroxyl groups excluding tert-OH is 1. The van der Waals surface area contributed by atoms with Crippen molar-refractivity contribution in [2.75, 3.05) is 6.54 Å². The normalized spacial score (nSPS) is 24.0. The Hall–Kier alpha value is -1.07. The van der Waals surface area contributed by atoms with Gasteiger partial charge in [-0.3, -0.25) is 0 Å². The molecule has 0 radical (unpaired) electrons. The van der Waals surface area contributed by atoms with Gasteiger partial charge in [-0.25, -0.2) is 4.79 Å². The van der Waals surface area contributed by atoms with Crippen LogP contribution >= 0.6 is 0 Å². The van der Waals surface area contributed by atoms with Crippen LogP contribution in [0.4, 0.5) is 0 Å². The Labute approximate surface area is 81.5 Å². The van der Waals surface area contributed by atoms with Gasteiger partial charge in [0.15, 0.2) is 0 Å². The van der Waals surface area contributed by atoms with Gasteiger partial charge in [0, 0.05) is 11.7 Å². The summed E-state index contributed by atoms with van der Waals surface area (Å²) in [5.74, 6) is 0. The zero-order chi connectivity index (χ0) is 10.1. The minimum Gasteiger partial charge on any atom is -0.385 e. The van der Waals surface area contributed by atoms with E-state index in [4.69, 9.17) is 0 Å². The summed E-state index contributed by atoms with van der Waals surface area (Å²) in [4.78, 5) is 16.2. The number of aryl methyl sites for hydroxylation is 1. The van der Waals surface area contributed by atoms with E-state index in [0.717, 1.165) is 25.1 Å². The summed E-state index contributed by atoms with van der Waals surface area (Å²) in [6.07, 6.45) is 1.42. The molecule has 4 N–H and O–H groups in total. The highest BCUT2D eigenvalue weighted by Crippen LogP contribution is 2.22. The third kappa shape index (κ3) is 1.60. The molecule has 2 atom stereocenters. The lowest BCUT2D eigenvalue weighted by atomic mass is 10.1. The third-order valence-electron chi connectivity index (χ3n) is 2.73. The molecule has 0 aromatic carbocycles. The standard InChI is InChI=1S/C9H15N3O2/c1-5-7(12-9(14)11-5)8(13)6-3-2-4-10-6/h6,8,10,13H,2-4H2,1H3,(H2,11,12,14). The van der Waals surface area contributed by atoms with Crippen molar-refractivity contribution < 1.29 is 5.11 Å². The van der Waals surface area contributed by atoms with Crippen molar-refractivity contribution in [1.29, 1.82) is 0 Å². The van der Waals surface area contributed by atoms with E-state index in [-0.39, 0.29) is 11.7 Å². The van der Waals surface area contributed by atoms with Gasteiger partial charge in [-0.1, -0.05) is 0 Å². The van der Waals surface area contributed by atoms with E-state index in [9.17, 15) is 9.90 Å². The van der Waals surface area contributed by atoms with Crippen LogP contribution in [0, 0.1) is 6.92 Å². The predicted molar refractivity (Wildman–Crippen MR) is 52.1 cm³/mol. The topological polar surface area (TPSA) is 80.9 Å². The SMILES string of the molecule is Cc1[nH]c(=O)[nH]c1C(O)C1CCCN1. The fraction of sp³-hybridized carbons (Fsp3) is 0.667. The Bertz CT molecular complexity index is 362. The number of imidazole rings is 1. The van der Waals surface area contributed by atoms with Crippen LogP contribution in [-0.4, -0.2) is 27.7 Å². The lowest BCUT2D eigenvalue weighted by molar-refractivity contribution is 0.133. The van der Waals surface area contributed by atoms with E-state index in [0.29, 0.717) is 5.69 Å². The van der Waals surface area contributed by atoms with Crippen molar-refractivity contribution in [2.24, 2.45) is 0 Å². The van der Waals surface area contributed by atoms with Crippen LogP contribution < -0.4 is 11.0 Å². The van der Waals surface area contributed by atoms with Gasteiger partial charge < -0.3 is 20.4 Å². The average molecular weight is 197 g/mol.